The van der Waals surface area contributed by atoms with Gasteiger partial charge in [-0.05, 0) is 34.4 Å². The second-order valence-electron chi connectivity index (χ2n) is 11.3. The maximum Gasteiger partial charge on any atom is 0.165 e. The topological polar surface area (TPSA) is 47.9 Å². The fourth-order valence-electron chi connectivity index (χ4n) is 6.99. The monoisotopic (exact) mass is 597 g/mol. The SMILES string of the molecule is Clc1c(-c2nc(-c3ccccc3)nc(-c3ccccc3)n2)ccc2c1Oc1ccccc1C21c2ccccc2-c2ccccc21. The Balaban J connectivity index is 1.31. The molecule has 0 atom stereocenters. The molecule has 6 aromatic carbocycles. The van der Waals surface area contributed by atoms with Crippen LogP contribution in [0, 0.1) is 0 Å². The predicted molar refractivity (Wildman–Crippen MR) is 179 cm³/mol. The minimum atomic E-state index is -0.594. The van der Waals surface area contributed by atoms with Gasteiger partial charge in [-0.25, -0.2) is 15.0 Å². The summed E-state index contributed by atoms with van der Waals surface area (Å²) in [5.74, 6) is 3.03. The van der Waals surface area contributed by atoms with Gasteiger partial charge in [-0.3, -0.25) is 0 Å². The van der Waals surface area contributed by atoms with Crippen molar-refractivity contribution in [3.63, 3.8) is 0 Å². The van der Waals surface area contributed by atoms with Gasteiger partial charge in [0.05, 0.1) is 10.4 Å². The molecule has 9 rings (SSSR count). The summed E-state index contributed by atoms with van der Waals surface area (Å²) in [6.07, 6.45) is 0. The second-order valence-corrected chi connectivity index (χ2v) is 11.7. The summed E-state index contributed by atoms with van der Waals surface area (Å²) in [6, 6.07) is 49.6. The van der Waals surface area contributed by atoms with E-state index < -0.39 is 5.41 Å². The van der Waals surface area contributed by atoms with E-state index in [0.29, 0.717) is 33.8 Å². The fraction of sp³-hybridized carbons (Fsp3) is 0.0250. The zero-order valence-electron chi connectivity index (χ0n) is 24.0. The summed E-state index contributed by atoms with van der Waals surface area (Å²) in [5.41, 5.74) is 8.83. The third-order valence-corrected chi connectivity index (χ3v) is 9.27. The predicted octanol–water partition coefficient (Wildman–Crippen LogP) is 9.99. The number of hydrogen-bond acceptors (Lipinski definition) is 4. The number of rotatable bonds is 3. The highest BCUT2D eigenvalue weighted by Gasteiger charge is 2.51. The number of benzene rings is 6. The fourth-order valence-corrected chi connectivity index (χ4v) is 7.28. The molecule has 1 aliphatic heterocycles. The number of hydrogen-bond donors (Lipinski definition) is 0. The van der Waals surface area contributed by atoms with Crippen LogP contribution < -0.4 is 4.74 Å². The maximum atomic E-state index is 7.41. The number of aromatic nitrogens is 3. The first-order valence-electron chi connectivity index (χ1n) is 14.9. The number of halogens is 1. The van der Waals surface area contributed by atoms with Crippen LogP contribution in [0.2, 0.25) is 5.02 Å². The summed E-state index contributed by atoms with van der Waals surface area (Å²) in [4.78, 5) is 14.8. The molecule has 45 heavy (non-hydrogen) atoms. The van der Waals surface area contributed by atoms with Crippen molar-refractivity contribution in [3.8, 4) is 56.8 Å². The van der Waals surface area contributed by atoms with Gasteiger partial charge >= 0.3 is 0 Å². The Bertz CT molecular complexity index is 2160. The Morgan fingerprint density at radius 1 is 0.422 bits per heavy atom. The van der Waals surface area contributed by atoms with Crippen LogP contribution in [-0.2, 0) is 5.41 Å². The lowest BCUT2D eigenvalue weighted by atomic mass is 9.66. The smallest absolute Gasteiger partial charge is 0.165 e. The zero-order chi connectivity index (χ0) is 30.0. The van der Waals surface area contributed by atoms with E-state index in [1.807, 2.05) is 78.9 Å². The molecule has 1 spiro atoms. The minimum absolute atomic E-state index is 0.465. The molecule has 2 heterocycles. The van der Waals surface area contributed by atoms with Crippen LogP contribution in [0.1, 0.15) is 22.3 Å². The maximum absolute atomic E-state index is 7.41. The van der Waals surface area contributed by atoms with Gasteiger partial charge < -0.3 is 4.74 Å². The van der Waals surface area contributed by atoms with Gasteiger partial charge in [0.25, 0.3) is 0 Å². The molecule has 0 saturated heterocycles. The summed E-state index contributed by atoms with van der Waals surface area (Å²) in [6.45, 7) is 0. The van der Waals surface area contributed by atoms with Gasteiger partial charge in [-0.2, -0.15) is 0 Å². The van der Waals surface area contributed by atoms with Crippen molar-refractivity contribution < 1.29 is 4.74 Å². The van der Waals surface area contributed by atoms with Crippen molar-refractivity contribution in [1.82, 2.24) is 15.0 Å². The van der Waals surface area contributed by atoms with E-state index in [4.69, 9.17) is 31.3 Å². The molecule has 0 saturated carbocycles. The third kappa shape index (κ3) is 3.76. The van der Waals surface area contributed by atoms with Crippen molar-refractivity contribution in [2.24, 2.45) is 0 Å². The lowest BCUT2D eigenvalue weighted by Crippen LogP contribution is -2.32. The van der Waals surface area contributed by atoms with Gasteiger partial charge in [0.15, 0.2) is 23.2 Å². The van der Waals surface area contributed by atoms with Gasteiger partial charge in [-0.1, -0.05) is 145 Å². The van der Waals surface area contributed by atoms with Crippen molar-refractivity contribution in [1.29, 1.82) is 0 Å². The summed E-state index contributed by atoms with van der Waals surface area (Å²) in [7, 11) is 0. The van der Waals surface area contributed by atoms with Crippen molar-refractivity contribution in [3.05, 3.63) is 173 Å². The van der Waals surface area contributed by atoms with E-state index in [-0.39, 0.29) is 0 Å². The van der Waals surface area contributed by atoms with Gasteiger partial charge in [0.1, 0.15) is 5.75 Å². The highest BCUT2D eigenvalue weighted by atomic mass is 35.5. The summed E-state index contributed by atoms with van der Waals surface area (Å²) in [5, 5.41) is 0.465. The van der Waals surface area contributed by atoms with Crippen molar-refractivity contribution in [2.45, 2.75) is 5.41 Å². The van der Waals surface area contributed by atoms with Crippen LogP contribution in [0.3, 0.4) is 0 Å². The Morgan fingerprint density at radius 3 is 1.51 bits per heavy atom. The van der Waals surface area contributed by atoms with Crippen molar-refractivity contribution in [2.75, 3.05) is 0 Å². The van der Waals surface area contributed by atoms with E-state index in [1.165, 1.54) is 22.3 Å². The number of nitrogens with zero attached hydrogens (tertiary/aromatic N) is 3. The molecule has 0 N–H and O–H groups in total. The highest BCUT2D eigenvalue weighted by Crippen LogP contribution is 2.63. The van der Waals surface area contributed by atoms with Crippen LogP contribution in [0.15, 0.2) is 146 Å². The Morgan fingerprint density at radius 2 is 0.911 bits per heavy atom. The zero-order valence-corrected chi connectivity index (χ0v) is 24.7. The molecule has 2 aliphatic rings. The minimum Gasteiger partial charge on any atom is -0.455 e. The Labute approximate surface area is 265 Å². The molecule has 5 heteroatoms. The quantitative estimate of drug-likeness (QED) is 0.203. The van der Waals surface area contributed by atoms with Crippen LogP contribution in [0.5, 0.6) is 11.5 Å². The van der Waals surface area contributed by atoms with Gasteiger partial charge in [0, 0.05) is 27.8 Å². The second kappa shape index (κ2) is 9.98. The number of para-hydroxylation sites is 1. The number of fused-ring (bicyclic) bond motifs is 9. The van der Waals surface area contributed by atoms with Gasteiger partial charge in [-0.15, -0.1) is 0 Å². The van der Waals surface area contributed by atoms with E-state index in [9.17, 15) is 0 Å². The molecular weight excluding hydrogens is 574 g/mol. The first kappa shape index (κ1) is 25.9. The van der Waals surface area contributed by atoms with Crippen LogP contribution in [0.4, 0.5) is 0 Å². The average Bonchev–Trinajstić information content (AvgIpc) is 3.40. The molecule has 0 unspecified atom stereocenters. The van der Waals surface area contributed by atoms with E-state index in [0.717, 1.165) is 28.0 Å². The van der Waals surface area contributed by atoms with E-state index in [1.54, 1.807) is 0 Å². The largest absolute Gasteiger partial charge is 0.455 e. The molecule has 0 radical (unpaired) electrons. The lowest BCUT2D eigenvalue weighted by Gasteiger charge is -2.39. The van der Waals surface area contributed by atoms with E-state index >= 15 is 0 Å². The third-order valence-electron chi connectivity index (χ3n) is 8.90. The molecule has 0 amide bonds. The van der Waals surface area contributed by atoms with Crippen LogP contribution >= 0.6 is 11.6 Å². The molecule has 0 fully saturated rings. The molecule has 1 aromatic heterocycles. The summed E-state index contributed by atoms with van der Waals surface area (Å²) >= 11 is 7.41. The molecular formula is C40H24ClN3O. The molecule has 7 aromatic rings. The van der Waals surface area contributed by atoms with E-state index in [2.05, 4.69) is 66.7 Å². The van der Waals surface area contributed by atoms with Crippen LogP contribution in [0.25, 0.3) is 45.3 Å². The molecule has 1 aliphatic carbocycles. The normalized spacial score (nSPS) is 13.4. The molecule has 4 nitrogen and oxygen atoms in total. The number of ether oxygens (including phenoxy) is 1. The standard InChI is InChI=1S/C40H24ClN3O/c41-35-29(39-43-37(25-13-3-1-4-14-25)42-38(44-39)26-15-5-2-6-16-26)23-24-33-36(35)45-34-22-12-11-21-32(34)40(33)30-19-9-7-17-27(30)28-18-8-10-20-31(28)40/h1-24H. The highest BCUT2D eigenvalue weighted by molar-refractivity contribution is 6.35. The lowest BCUT2D eigenvalue weighted by molar-refractivity contribution is 0.437. The first-order valence-corrected chi connectivity index (χ1v) is 15.3. The summed E-state index contributed by atoms with van der Waals surface area (Å²) < 4.78 is 6.71. The molecule has 212 valence electrons. The van der Waals surface area contributed by atoms with Crippen molar-refractivity contribution >= 4 is 11.6 Å². The Hall–Kier alpha value is -5.58. The van der Waals surface area contributed by atoms with Gasteiger partial charge in [0.2, 0.25) is 0 Å². The first-order chi connectivity index (χ1) is 22.2. The Kier molecular flexibility index (Phi) is 5.74. The molecule has 0 bridgehead atoms. The van der Waals surface area contributed by atoms with Crippen LogP contribution in [-0.4, -0.2) is 15.0 Å². The average molecular weight is 598 g/mol.